The zero-order valence-corrected chi connectivity index (χ0v) is 17.1. The maximum absolute atomic E-state index is 4.32. The lowest BCUT2D eigenvalue weighted by atomic mass is 10.2. The van der Waals surface area contributed by atoms with Gasteiger partial charge < -0.3 is 15.5 Å². The molecule has 0 aromatic rings. The van der Waals surface area contributed by atoms with Crippen molar-refractivity contribution in [2.24, 2.45) is 4.99 Å². The summed E-state index contributed by atoms with van der Waals surface area (Å²) in [6.45, 7) is 5.89. The third kappa shape index (κ3) is 8.24. The Hall–Kier alpha value is 0.310. The van der Waals surface area contributed by atoms with Crippen LogP contribution in [0.1, 0.15) is 44.9 Å². The Kier molecular flexibility index (Phi) is 11.7. The molecule has 0 spiro atoms. The standard InChI is InChI=1S/C16H32N4S.HI/c1-17-16(19-14-15-8-6-13-21-15)18-9-7-12-20-10-4-2-3-5-11-20;/h15H,2-14H2,1H3,(H2,17,18,19);1H. The van der Waals surface area contributed by atoms with Gasteiger partial charge in [0.1, 0.15) is 0 Å². The van der Waals surface area contributed by atoms with Gasteiger partial charge in [-0.05, 0) is 57.5 Å². The van der Waals surface area contributed by atoms with Crippen LogP contribution in [0.2, 0.25) is 0 Å². The predicted molar refractivity (Wildman–Crippen MR) is 110 cm³/mol. The van der Waals surface area contributed by atoms with Gasteiger partial charge in [-0.25, -0.2) is 0 Å². The maximum atomic E-state index is 4.32. The summed E-state index contributed by atoms with van der Waals surface area (Å²) >= 11 is 2.09. The number of likely N-dealkylation sites (tertiary alicyclic amines) is 1. The van der Waals surface area contributed by atoms with Gasteiger partial charge in [0.15, 0.2) is 5.96 Å². The monoisotopic (exact) mass is 440 g/mol. The molecular formula is C16H33IN4S. The molecule has 0 aliphatic carbocycles. The molecule has 22 heavy (non-hydrogen) atoms. The molecule has 2 aliphatic heterocycles. The zero-order valence-electron chi connectivity index (χ0n) is 14.0. The van der Waals surface area contributed by atoms with E-state index in [0.717, 1.165) is 24.3 Å². The summed E-state index contributed by atoms with van der Waals surface area (Å²) in [5, 5.41) is 7.69. The molecule has 2 rings (SSSR count). The van der Waals surface area contributed by atoms with Crippen LogP contribution in [0.5, 0.6) is 0 Å². The molecule has 130 valence electrons. The number of hydrogen-bond donors (Lipinski definition) is 2. The highest BCUT2D eigenvalue weighted by Gasteiger charge is 2.15. The van der Waals surface area contributed by atoms with Crippen molar-refractivity contribution in [1.29, 1.82) is 0 Å². The van der Waals surface area contributed by atoms with Gasteiger partial charge in [0, 0.05) is 25.4 Å². The molecule has 2 saturated heterocycles. The molecule has 2 N–H and O–H groups in total. The fraction of sp³-hybridized carbons (Fsp3) is 0.938. The Bertz CT molecular complexity index is 301. The largest absolute Gasteiger partial charge is 0.356 e. The third-order valence-electron chi connectivity index (χ3n) is 4.39. The van der Waals surface area contributed by atoms with E-state index in [-0.39, 0.29) is 24.0 Å². The number of rotatable bonds is 6. The van der Waals surface area contributed by atoms with Crippen LogP contribution in [0.25, 0.3) is 0 Å². The minimum atomic E-state index is 0. The Labute approximate surface area is 157 Å². The first-order valence-electron chi connectivity index (χ1n) is 8.67. The first kappa shape index (κ1) is 20.4. The van der Waals surface area contributed by atoms with E-state index < -0.39 is 0 Å². The number of thioether (sulfide) groups is 1. The van der Waals surface area contributed by atoms with Crippen LogP contribution in [-0.2, 0) is 0 Å². The quantitative estimate of drug-likeness (QED) is 0.289. The van der Waals surface area contributed by atoms with E-state index in [1.165, 1.54) is 70.3 Å². The Morgan fingerprint density at radius 2 is 1.91 bits per heavy atom. The van der Waals surface area contributed by atoms with Gasteiger partial charge in [-0.15, -0.1) is 24.0 Å². The topological polar surface area (TPSA) is 39.7 Å². The number of nitrogens with one attached hydrogen (secondary N) is 2. The third-order valence-corrected chi connectivity index (χ3v) is 5.79. The molecule has 0 radical (unpaired) electrons. The molecule has 1 atom stereocenters. The summed E-state index contributed by atoms with van der Waals surface area (Å²) in [7, 11) is 1.87. The summed E-state index contributed by atoms with van der Waals surface area (Å²) in [6.07, 6.45) is 9.54. The van der Waals surface area contributed by atoms with E-state index in [4.69, 9.17) is 0 Å². The van der Waals surface area contributed by atoms with Crippen LogP contribution < -0.4 is 10.6 Å². The molecule has 0 amide bonds. The minimum absolute atomic E-state index is 0. The van der Waals surface area contributed by atoms with Gasteiger partial charge in [-0.1, -0.05) is 12.8 Å². The maximum Gasteiger partial charge on any atom is 0.191 e. The van der Waals surface area contributed by atoms with Crippen molar-refractivity contribution >= 4 is 41.7 Å². The fourth-order valence-electron chi connectivity index (χ4n) is 3.11. The molecule has 2 aliphatic rings. The van der Waals surface area contributed by atoms with E-state index in [2.05, 4.69) is 32.3 Å². The van der Waals surface area contributed by atoms with Crippen LogP contribution in [-0.4, -0.2) is 61.6 Å². The van der Waals surface area contributed by atoms with Crippen molar-refractivity contribution in [2.45, 2.75) is 50.2 Å². The second-order valence-corrected chi connectivity index (χ2v) is 7.53. The molecule has 0 bridgehead atoms. The molecule has 4 nitrogen and oxygen atoms in total. The SMILES string of the molecule is CN=C(NCCCN1CCCCCC1)NCC1CCCS1.I. The highest BCUT2D eigenvalue weighted by atomic mass is 127. The molecule has 0 aromatic heterocycles. The van der Waals surface area contributed by atoms with E-state index in [1.807, 2.05) is 7.05 Å². The van der Waals surface area contributed by atoms with Crippen molar-refractivity contribution in [2.75, 3.05) is 45.5 Å². The van der Waals surface area contributed by atoms with E-state index in [1.54, 1.807) is 0 Å². The summed E-state index contributed by atoms with van der Waals surface area (Å²) in [5.74, 6) is 2.30. The molecular weight excluding hydrogens is 407 g/mol. The second-order valence-electron chi connectivity index (χ2n) is 6.12. The molecule has 0 saturated carbocycles. The smallest absolute Gasteiger partial charge is 0.191 e. The van der Waals surface area contributed by atoms with Crippen LogP contribution in [0.3, 0.4) is 0 Å². The first-order chi connectivity index (χ1) is 10.4. The van der Waals surface area contributed by atoms with Crippen LogP contribution in [0.15, 0.2) is 4.99 Å². The summed E-state index contributed by atoms with van der Waals surface area (Å²) in [5.41, 5.74) is 0. The van der Waals surface area contributed by atoms with Crippen LogP contribution >= 0.6 is 35.7 Å². The lowest BCUT2D eigenvalue weighted by Crippen LogP contribution is -2.41. The van der Waals surface area contributed by atoms with Gasteiger partial charge in [-0.2, -0.15) is 11.8 Å². The second kappa shape index (κ2) is 12.7. The predicted octanol–water partition coefficient (Wildman–Crippen LogP) is 2.93. The molecule has 2 heterocycles. The van der Waals surface area contributed by atoms with Crippen molar-refractivity contribution in [3.05, 3.63) is 0 Å². The Balaban J connectivity index is 0.00000242. The number of hydrogen-bond acceptors (Lipinski definition) is 3. The summed E-state index contributed by atoms with van der Waals surface area (Å²) < 4.78 is 0. The van der Waals surface area contributed by atoms with Crippen molar-refractivity contribution < 1.29 is 0 Å². The average molecular weight is 440 g/mol. The number of aliphatic imine (C=N–C) groups is 1. The number of guanidine groups is 1. The van der Waals surface area contributed by atoms with Crippen molar-refractivity contribution in [1.82, 2.24) is 15.5 Å². The van der Waals surface area contributed by atoms with Crippen LogP contribution in [0.4, 0.5) is 0 Å². The van der Waals surface area contributed by atoms with Gasteiger partial charge in [-0.3, -0.25) is 4.99 Å². The fourth-order valence-corrected chi connectivity index (χ4v) is 4.31. The molecule has 1 unspecified atom stereocenters. The lowest BCUT2D eigenvalue weighted by Gasteiger charge is -2.20. The van der Waals surface area contributed by atoms with Gasteiger partial charge in [0.2, 0.25) is 0 Å². The summed E-state index contributed by atoms with van der Waals surface area (Å²) in [6, 6.07) is 0. The zero-order chi connectivity index (χ0) is 14.8. The Morgan fingerprint density at radius 3 is 2.55 bits per heavy atom. The Morgan fingerprint density at radius 1 is 1.14 bits per heavy atom. The lowest BCUT2D eigenvalue weighted by molar-refractivity contribution is 0.282. The number of halogens is 1. The average Bonchev–Trinajstić information content (AvgIpc) is 2.89. The molecule has 2 fully saturated rings. The molecule has 6 heteroatoms. The highest BCUT2D eigenvalue weighted by molar-refractivity contribution is 14.0. The van der Waals surface area contributed by atoms with Gasteiger partial charge >= 0.3 is 0 Å². The van der Waals surface area contributed by atoms with Crippen LogP contribution in [0, 0.1) is 0 Å². The van der Waals surface area contributed by atoms with E-state index in [0.29, 0.717) is 0 Å². The highest BCUT2D eigenvalue weighted by Crippen LogP contribution is 2.25. The number of nitrogens with zero attached hydrogens (tertiary/aromatic N) is 2. The van der Waals surface area contributed by atoms with Crippen molar-refractivity contribution in [3.63, 3.8) is 0 Å². The van der Waals surface area contributed by atoms with Crippen molar-refractivity contribution in [3.8, 4) is 0 Å². The van der Waals surface area contributed by atoms with Gasteiger partial charge in [0.05, 0.1) is 0 Å². The molecule has 0 aromatic carbocycles. The summed E-state index contributed by atoms with van der Waals surface area (Å²) in [4.78, 5) is 6.94. The first-order valence-corrected chi connectivity index (χ1v) is 9.72. The normalized spacial score (nSPS) is 23.7. The van der Waals surface area contributed by atoms with Gasteiger partial charge in [0.25, 0.3) is 0 Å². The van der Waals surface area contributed by atoms with E-state index >= 15 is 0 Å². The van der Waals surface area contributed by atoms with E-state index in [9.17, 15) is 0 Å². The minimum Gasteiger partial charge on any atom is -0.356 e.